The van der Waals surface area contributed by atoms with Gasteiger partial charge in [0.25, 0.3) is 11.6 Å². The van der Waals surface area contributed by atoms with Crippen LogP contribution in [0.1, 0.15) is 36.0 Å². The van der Waals surface area contributed by atoms with Gasteiger partial charge in [-0.2, -0.15) is 13.2 Å². The van der Waals surface area contributed by atoms with Gasteiger partial charge in [-0.05, 0) is 31.4 Å². The second kappa shape index (κ2) is 6.43. The van der Waals surface area contributed by atoms with Crippen molar-refractivity contribution < 1.29 is 22.9 Å². The van der Waals surface area contributed by atoms with Crippen molar-refractivity contribution in [2.45, 2.75) is 37.9 Å². The number of nitro groups is 1. The molecule has 6 nitrogen and oxygen atoms in total. The summed E-state index contributed by atoms with van der Waals surface area (Å²) in [5.74, 6) is -2.07. The number of hydrogen-bond donors (Lipinski definition) is 2. The molecule has 1 fully saturated rings. The number of nitro benzene ring substituents is 1. The average molecular weight is 331 g/mol. The highest BCUT2D eigenvalue weighted by atomic mass is 19.4. The largest absolute Gasteiger partial charge is 0.393 e. The number of nitrogens with two attached hydrogens (primary N) is 1. The number of nitrogens with one attached hydrogen (secondary N) is 1. The van der Waals surface area contributed by atoms with Gasteiger partial charge in [0.2, 0.25) is 0 Å². The summed E-state index contributed by atoms with van der Waals surface area (Å²) in [6.07, 6.45) is -3.56. The predicted octanol–water partition coefficient (Wildman–Crippen LogP) is 3.03. The van der Waals surface area contributed by atoms with Crippen molar-refractivity contribution in [3.8, 4) is 0 Å². The zero-order chi connectivity index (χ0) is 17.2. The molecule has 2 rings (SSSR count). The van der Waals surface area contributed by atoms with Gasteiger partial charge in [-0.1, -0.05) is 6.42 Å². The third-order valence-electron chi connectivity index (χ3n) is 3.96. The zero-order valence-electron chi connectivity index (χ0n) is 12.1. The van der Waals surface area contributed by atoms with E-state index in [1.807, 2.05) is 0 Å². The highest BCUT2D eigenvalue weighted by Gasteiger charge is 2.42. The lowest BCUT2D eigenvalue weighted by molar-refractivity contribution is -0.383. The fraction of sp³-hybridized carbons (Fsp3) is 0.500. The molecular formula is C14H16F3N3O3. The van der Waals surface area contributed by atoms with Crippen LogP contribution in [0.25, 0.3) is 0 Å². The van der Waals surface area contributed by atoms with Crippen LogP contribution in [0.5, 0.6) is 0 Å². The van der Waals surface area contributed by atoms with Crippen molar-refractivity contribution >= 4 is 17.3 Å². The standard InChI is InChI=1S/C14H16F3N3O3/c15-14(16,17)9-2-1-3-10(7-9)19-13(21)8-4-5-11(18)12(6-8)20(22)23/h4-6,9-10H,1-3,7,18H2,(H,19,21). The first-order valence-corrected chi connectivity index (χ1v) is 7.10. The van der Waals surface area contributed by atoms with E-state index in [9.17, 15) is 28.1 Å². The van der Waals surface area contributed by atoms with Crippen molar-refractivity contribution in [3.63, 3.8) is 0 Å². The van der Waals surface area contributed by atoms with E-state index in [4.69, 9.17) is 5.73 Å². The van der Waals surface area contributed by atoms with E-state index in [1.165, 1.54) is 12.1 Å². The number of amides is 1. The molecule has 0 bridgehead atoms. The van der Waals surface area contributed by atoms with Gasteiger partial charge in [-0.3, -0.25) is 14.9 Å². The SMILES string of the molecule is Nc1ccc(C(=O)NC2CCCC(C(F)(F)F)C2)cc1[N+](=O)[O-]. The summed E-state index contributed by atoms with van der Waals surface area (Å²) in [6, 6.07) is 2.96. The monoisotopic (exact) mass is 331 g/mol. The smallest absolute Gasteiger partial charge is 0.391 e. The molecule has 1 amide bonds. The normalized spacial score (nSPS) is 21.7. The summed E-state index contributed by atoms with van der Waals surface area (Å²) in [5.41, 5.74) is 4.95. The lowest BCUT2D eigenvalue weighted by Crippen LogP contribution is -2.41. The number of halogens is 3. The van der Waals surface area contributed by atoms with Crippen molar-refractivity contribution in [1.82, 2.24) is 5.32 Å². The molecule has 23 heavy (non-hydrogen) atoms. The van der Waals surface area contributed by atoms with E-state index < -0.39 is 34.7 Å². The Morgan fingerprint density at radius 3 is 2.65 bits per heavy atom. The minimum absolute atomic E-state index is 0.0000298. The van der Waals surface area contributed by atoms with Crippen molar-refractivity contribution in [1.29, 1.82) is 0 Å². The van der Waals surface area contributed by atoms with Crippen molar-refractivity contribution in [3.05, 3.63) is 33.9 Å². The summed E-state index contributed by atoms with van der Waals surface area (Å²) < 4.78 is 38.3. The molecule has 1 aromatic rings. The number of nitrogens with zero attached hydrogens (tertiary/aromatic N) is 1. The molecule has 126 valence electrons. The Kier molecular flexibility index (Phi) is 4.76. The summed E-state index contributed by atoms with van der Waals surface area (Å²) in [7, 11) is 0. The Morgan fingerprint density at radius 2 is 2.04 bits per heavy atom. The first-order chi connectivity index (χ1) is 10.7. The molecule has 2 atom stereocenters. The van der Waals surface area contributed by atoms with Gasteiger partial charge in [0, 0.05) is 17.7 Å². The molecule has 0 aromatic heterocycles. The molecule has 0 radical (unpaired) electrons. The number of carbonyl (C=O) groups excluding carboxylic acids is 1. The van der Waals surface area contributed by atoms with Gasteiger partial charge in [-0.15, -0.1) is 0 Å². The Morgan fingerprint density at radius 1 is 1.35 bits per heavy atom. The van der Waals surface area contributed by atoms with Gasteiger partial charge in [-0.25, -0.2) is 0 Å². The van der Waals surface area contributed by atoms with E-state index in [-0.39, 0.29) is 24.1 Å². The highest BCUT2D eigenvalue weighted by Crippen LogP contribution is 2.37. The van der Waals surface area contributed by atoms with Crippen LogP contribution in [0.3, 0.4) is 0 Å². The van der Waals surface area contributed by atoms with E-state index in [0.717, 1.165) is 6.07 Å². The van der Waals surface area contributed by atoms with Crippen LogP contribution >= 0.6 is 0 Å². The van der Waals surface area contributed by atoms with Gasteiger partial charge in [0.05, 0.1) is 10.8 Å². The van der Waals surface area contributed by atoms with Crippen LogP contribution in [0.4, 0.5) is 24.5 Å². The quantitative estimate of drug-likeness (QED) is 0.505. The maximum absolute atomic E-state index is 12.8. The summed E-state index contributed by atoms with van der Waals surface area (Å²) in [5, 5.41) is 13.3. The van der Waals surface area contributed by atoms with Crippen LogP contribution in [-0.4, -0.2) is 23.0 Å². The molecule has 1 aliphatic carbocycles. The fourth-order valence-corrected chi connectivity index (χ4v) is 2.73. The number of hydrogen-bond acceptors (Lipinski definition) is 4. The minimum Gasteiger partial charge on any atom is -0.393 e. The highest BCUT2D eigenvalue weighted by molar-refractivity contribution is 5.95. The Hall–Kier alpha value is -2.32. The molecule has 3 N–H and O–H groups in total. The second-order valence-corrected chi connectivity index (χ2v) is 5.61. The van der Waals surface area contributed by atoms with Crippen LogP contribution in [-0.2, 0) is 0 Å². The summed E-state index contributed by atoms with van der Waals surface area (Å²) >= 11 is 0. The van der Waals surface area contributed by atoms with Crippen LogP contribution in [0.15, 0.2) is 18.2 Å². The topological polar surface area (TPSA) is 98.3 Å². The first kappa shape index (κ1) is 17.0. The fourth-order valence-electron chi connectivity index (χ4n) is 2.73. The summed E-state index contributed by atoms with van der Waals surface area (Å²) in [6.45, 7) is 0. The number of carbonyl (C=O) groups is 1. The van der Waals surface area contributed by atoms with E-state index in [2.05, 4.69) is 5.32 Å². The number of rotatable bonds is 3. The third-order valence-corrected chi connectivity index (χ3v) is 3.96. The Bertz CT molecular complexity index is 619. The van der Waals surface area contributed by atoms with E-state index in [1.54, 1.807) is 0 Å². The molecule has 1 aromatic carbocycles. The Balaban J connectivity index is 2.07. The molecule has 0 aliphatic heterocycles. The van der Waals surface area contributed by atoms with Crippen molar-refractivity contribution in [2.75, 3.05) is 5.73 Å². The second-order valence-electron chi connectivity index (χ2n) is 5.61. The van der Waals surface area contributed by atoms with Crippen LogP contribution in [0.2, 0.25) is 0 Å². The molecule has 1 aliphatic rings. The maximum atomic E-state index is 12.8. The van der Waals surface area contributed by atoms with Gasteiger partial charge < -0.3 is 11.1 Å². The lowest BCUT2D eigenvalue weighted by atomic mass is 9.85. The van der Waals surface area contributed by atoms with Crippen LogP contribution < -0.4 is 11.1 Å². The first-order valence-electron chi connectivity index (χ1n) is 7.10. The molecule has 2 unspecified atom stereocenters. The third kappa shape index (κ3) is 4.11. The lowest BCUT2D eigenvalue weighted by Gasteiger charge is -2.31. The van der Waals surface area contributed by atoms with Crippen molar-refractivity contribution in [2.24, 2.45) is 5.92 Å². The number of anilines is 1. The number of benzene rings is 1. The molecule has 9 heteroatoms. The van der Waals surface area contributed by atoms with Gasteiger partial charge >= 0.3 is 6.18 Å². The molecular weight excluding hydrogens is 315 g/mol. The molecule has 0 saturated heterocycles. The molecule has 0 spiro atoms. The zero-order valence-corrected chi connectivity index (χ0v) is 12.1. The minimum atomic E-state index is -4.27. The van der Waals surface area contributed by atoms with Crippen LogP contribution in [0, 0.1) is 16.0 Å². The predicted molar refractivity (Wildman–Crippen MR) is 76.8 cm³/mol. The van der Waals surface area contributed by atoms with Gasteiger partial charge in [0.15, 0.2) is 0 Å². The van der Waals surface area contributed by atoms with E-state index >= 15 is 0 Å². The Labute approximate surface area is 130 Å². The summed E-state index contributed by atoms with van der Waals surface area (Å²) in [4.78, 5) is 22.2. The van der Waals surface area contributed by atoms with E-state index in [0.29, 0.717) is 12.8 Å². The number of nitrogen functional groups attached to an aromatic ring is 1. The molecule has 0 heterocycles. The average Bonchev–Trinajstić information content (AvgIpc) is 2.46. The maximum Gasteiger partial charge on any atom is 0.391 e. The number of alkyl halides is 3. The molecule has 1 saturated carbocycles. The van der Waals surface area contributed by atoms with Gasteiger partial charge in [0.1, 0.15) is 5.69 Å².